The lowest BCUT2D eigenvalue weighted by Gasteiger charge is -2.22. The number of halogens is 5. The number of aromatic nitrogens is 1. The lowest BCUT2D eigenvalue weighted by molar-refractivity contribution is -0.138. The predicted molar refractivity (Wildman–Crippen MR) is 96.6 cm³/mol. The molecule has 0 amide bonds. The zero-order valence-corrected chi connectivity index (χ0v) is 15.8. The van der Waals surface area contributed by atoms with Gasteiger partial charge in [-0.1, -0.05) is 29.3 Å². The Bertz CT molecular complexity index is 891. The first-order valence-electron chi connectivity index (χ1n) is 7.91. The van der Waals surface area contributed by atoms with Crippen LogP contribution in [0.5, 0.6) is 0 Å². The van der Waals surface area contributed by atoms with E-state index in [2.05, 4.69) is 4.98 Å². The summed E-state index contributed by atoms with van der Waals surface area (Å²) < 4.78 is 40.9. The van der Waals surface area contributed by atoms with E-state index in [1.807, 2.05) is 0 Å². The summed E-state index contributed by atoms with van der Waals surface area (Å²) in [5.74, 6) is 0.342. The molecule has 2 aromatic rings. The Hall–Kier alpha value is -1.42. The monoisotopic (exact) mass is 416 g/mol. The second kappa shape index (κ2) is 7.67. The molecule has 2 nitrogen and oxygen atoms in total. The minimum absolute atomic E-state index is 0.117. The largest absolute Gasteiger partial charge is 0.418 e. The maximum absolute atomic E-state index is 13.6. The molecule has 1 aromatic heterocycles. The Morgan fingerprint density at radius 2 is 1.88 bits per heavy atom. The Morgan fingerprint density at radius 3 is 2.54 bits per heavy atom. The van der Waals surface area contributed by atoms with Gasteiger partial charge in [-0.05, 0) is 48.9 Å². The second-order valence-corrected chi connectivity index (χ2v) is 7.72. The summed E-state index contributed by atoms with van der Waals surface area (Å²) in [5, 5.41) is 10.3. The lowest BCUT2D eigenvalue weighted by Crippen LogP contribution is -2.19. The summed E-state index contributed by atoms with van der Waals surface area (Å²) in [5.41, 5.74) is 0.226. The molecule has 0 radical (unpaired) electrons. The number of alkyl halides is 3. The third-order valence-electron chi connectivity index (χ3n) is 4.20. The molecule has 3 rings (SSSR count). The number of benzene rings is 1. The molecule has 0 N–H and O–H groups in total. The highest BCUT2D eigenvalue weighted by Crippen LogP contribution is 2.41. The molecule has 0 atom stereocenters. The molecule has 1 heterocycles. The van der Waals surface area contributed by atoms with Crippen LogP contribution in [0.3, 0.4) is 0 Å². The van der Waals surface area contributed by atoms with E-state index in [0.717, 1.165) is 23.7 Å². The van der Waals surface area contributed by atoms with Crippen molar-refractivity contribution in [1.29, 1.82) is 5.26 Å². The average Bonchev–Trinajstić information content (AvgIpc) is 2.60. The zero-order valence-electron chi connectivity index (χ0n) is 13.5. The zero-order chi connectivity index (χ0) is 18.9. The summed E-state index contributed by atoms with van der Waals surface area (Å²) in [6.07, 6.45) is -2.28. The number of fused-ring (bicyclic) bond motifs is 1. The van der Waals surface area contributed by atoms with Gasteiger partial charge in [0.1, 0.15) is 11.1 Å². The van der Waals surface area contributed by atoms with E-state index >= 15 is 0 Å². The Kier molecular flexibility index (Phi) is 5.71. The molecule has 0 aliphatic heterocycles. The first kappa shape index (κ1) is 19.3. The van der Waals surface area contributed by atoms with Gasteiger partial charge in [0.25, 0.3) is 0 Å². The highest BCUT2D eigenvalue weighted by atomic mass is 35.5. The maximum Gasteiger partial charge on any atom is 0.418 e. The lowest BCUT2D eigenvalue weighted by atomic mass is 9.90. The summed E-state index contributed by atoms with van der Waals surface area (Å²) >= 11 is 13.0. The third kappa shape index (κ3) is 3.95. The van der Waals surface area contributed by atoms with Crippen LogP contribution in [0.25, 0.3) is 0 Å². The van der Waals surface area contributed by atoms with Crippen LogP contribution in [0, 0.1) is 11.3 Å². The molecule has 0 spiro atoms. The van der Waals surface area contributed by atoms with Crippen LogP contribution < -0.4 is 0 Å². The molecule has 0 saturated heterocycles. The number of hydrogen-bond donors (Lipinski definition) is 0. The summed E-state index contributed by atoms with van der Waals surface area (Å²) in [4.78, 5) is 4.39. The van der Waals surface area contributed by atoms with Gasteiger partial charge in [-0.3, -0.25) is 0 Å². The third-order valence-corrected chi connectivity index (χ3v) is 5.98. The predicted octanol–water partition coefficient (Wildman–Crippen LogP) is 6.45. The topological polar surface area (TPSA) is 36.7 Å². The van der Waals surface area contributed by atoms with E-state index < -0.39 is 11.7 Å². The van der Waals surface area contributed by atoms with Crippen LogP contribution in [0.4, 0.5) is 13.2 Å². The molecular formula is C18H13Cl2F3N2S. The number of nitriles is 1. The van der Waals surface area contributed by atoms with Gasteiger partial charge in [-0.2, -0.15) is 18.4 Å². The van der Waals surface area contributed by atoms with Crippen LogP contribution >= 0.6 is 35.0 Å². The molecule has 1 aliphatic rings. The van der Waals surface area contributed by atoms with Crippen LogP contribution in [0.2, 0.25) is 10.0 Å². The number of pyridine rings is 1. The fourth-order valence-corrected chi connectivity index (χ4v) is 4.29. The Labute approximate surface area is 163 Å². The molecule has 136 valence electrons. The molecule has 0 unspecified atom stereocenters. The molecule has 1 aliphatic carbocycles. The van der Waals surface area contributed by atoms with Crippen LogP contribution in [0.1, 0.15) is 40.8 Å². The number of rotatable bonds is 3. The SMILES string of the molecule is N#Cc1c(SCc2ccc(Cl)c(Cl)c2)nc2c(c1C(F)(F)F)CCCC2. The number of hydrogen-bond acceptors (Lipinski definition) is 3. The van der Waals surface area contributed by atoms with Crippen molar-refractivity contribution in [2.24, 2.45) is 0 Å². The second-order valence-electron chi connectivity index (χ2n) is 5.95. The van der Waals surface area contributed by atoms with Crippen molar-refractivity contribution in [1.82, 2.24) is 4.98 Å². The van der Waals surface area contributed by atoms with Gasteiger partial charge in [-0.25, -0.2) is 4.98 Å². The first-order valence-corrected chi connectivity index (χ1v) is 9.65. The van der Waals surface area contributed by atoms with Crippen LogP contribution in [-0.2, 0) is 24.8 Å². The van der Waals surface area contributed by atoms with Crippen LogP contribution in [0.15, 0.2) is 23.2 Å². The summed E-state index contributed by atoms with van der Waals surface area (Å²) in [6, 6.07) is 6.76. The van der Waals surface area contributed by atoms with Crippen molar-refractivity contribution in [3.8, 4) is 6.07 Å². The standard InChI is InChI=1S/C18H13Cl2F3N2S/c19-13-6-5-10(7-14(13)20)9-26-17-12(8-24)16(18(21,22)23)11-3-1-2-4-15(11)25-17/h5-7H,1-4,9H2. The van der Waals surface area contributed by atoms with Gasteiger partial charge in [0.2, 0.25) is 0 Å². The average molecular weight is 417 g/mol. The van der Waals surface area contributed by atoms with E-state index in [9.17, 15) is 18.4 Å². The number of thioether (sulfide) groups is 1. The highest BCUT2D eigenvalue weighted by molar-refractivity contribution is 7.98. The van der Waals surface area contributed by atoms with E-state index in [4.69, 9.17) is 23.2 Å². The molecule has 1 aromatic carbocycles. The van der Waals surface area contributed by atoms with Gasteiger partial charge < -0.3 is 0 Å². The molecule has 8 heteroatoms. The summed E-state index contributed by atoms with van der Waals surface area (Å²) in [7, 11) is 0. The van der Waals surface area contributed by atoms with Crippen molar-refractivity contribution in [3.63, 3.8) is 0 Å². The van der Waals surface area contributed by atoms with Gasteiger partial charge in [0, 0.05) is 11.4 Å². The first-order chi connectivity index (χ1) is 12.3. The minimum Gasteiger partial charge on any atom is -0.245 e. The fourth-order valence-electron chi connectivity index (χ4n) is 3.02. The highest BCUT2D eigenvalue weighted by Gasteiger charge is 2.39. The van der Waals surface area contributed by atoms with Crippen molar-refractivity contribution in [2.45, 2.75) is 42.6 Å². The Morgan fingerprint density at radius 1 is 1.15 bits per heavy atom. The normalized spacial score (nSPS) is 14.0. The number of aryl methyl sites for hydroxylation is 1. The van der Waals surface area contributed by atoms with Gasteiger partial charge in [0.15, 0.2) is 0 Å². The van der Waals surface area contributed by atoms with E-state index in [0.29, 0.717) is 40.8 Å². The van der Waals surface area contributed by atoms with Crippen molar-refractivity contribution in [3.05, 3.63) is 56.2 Å². The van der Waals surface area contributed by atoms with Crippen molar-refractivity contribution < 1.29 is 13.2 Å². The van der Waals surface area contributed by atoms with E-state index in [1.165, 1.54) is 0 Å². The molecule has 26 heavy (non-hydrogen) atoms. The van der Waals surface area contributed by atoms with Crippen molar-refractivity contribution >= 4 is 35.0 Å². The van der Waals surface area contributed by atoms with Crippen LogP contribution in [-0.4, -0.2) is 4.98 Å². The van der Waals surface area contributed by atoms with Gasteiger partial charge in [-0.15, -0.1) is 11.8 Å². The molecule has 0 bridgehead atoms. The maximum atomic E-state index is 13.6. The van der Waals surface area contributed by atoms with E-state index in [1.54, 1.807) is 24.3 Å². The Balaban J connectivity index is 2.01. The minimum atomic E-state index is -4.58. The fraction of sp³-hybridized carbons (Fsp3) is 0.333. The van der Waals surface area contributed by atoms with Gasteiger partial charge >= 0.3 is 6.18 Å². The smallest absolute Gasteiger partial charge is 0.245 e. The quantitative estimate of drug-likeness (QED) is 0.539. The van der Waals surface area contributed by atoms with E-state index in [-0.39, 0.29) is 16.2 Å². The molecule has 0 fully saturated rings. The van der Waals surface area contributed by atoms with Gasteiger partial charge in [0.05, 0.1) is 21.2 Å². The molecular weight excluding hydrogens is 404 g/mol. The summed E-state index contributed by atoms with van der Waals surface area (Å²) in [6.45, 7) is 0. The number of nitrogens with zero attached hydrogens (tertiary/aromatic N) is 2. The molecule has 0 saturated carbocycles. The van der Waals surface area contributed by atoms with Crippen molar-refractivity contribution in [2.75, 3.05) is 0 Å².